The van der Waals surface area contributed by atoms with Crippen LogP contribution in [0.2, 0.25) is 0 Å². The Hall–Kier alpha value is -3.40. The van der Waals surface area contributed by atoms with Gasteiger partial charge in [-0.15, -0.1) is 0 Å². The highest BCUT2D eigenvalue weighted by atomic mass is 79.9. The number of nitrogens with one attached hydrogen (secondary N) is 3. The fraction of sp³-hybridized carbons (Fsp3) is 0.333. The number of hydrogen-bond acceptors (Lipinski definition) is 6. The van der Waals surface area contributed by atoms with E-state index in [1.54, 1.807) is 19.1 Å². The Labute approximate surface area is 207 Å². The van der Waals surface area contributed by atoms with Crippen molar-refractivity contribution in [3.63, 3.8) is 0 Å². The normalized spacial score (nSPS) is 11.6. The molecular formula is C24H29BrN4O5. The van der Waals surface area contributed by atoms with Gasteiger partial charge in [0.2, 0.25) is 0 Å². The number of anilines is 1. The van der Waals surface area contributed by atoms with Crippen molar-refractivity contribution in [3.05, 3.63) is 51.5 Å². The van der Waals surface area contributed by atoms with E-state index in [-0.39, 0.29) is 18.6 Å². The molecule has 3 amide bonds. The van der Waals surface area contributed by atoms with Gasteiger partial charge in [-0.2, -0.15) is 5.10 Å². The van der Waals surface area contributed by atoms with Crippen molar-refractivity contribution >= 4 is 45.6 Å². The highest BCUT2D eigenvalue weighted by Gasteiger charge is 2.15. The number of ether oxygens (including phenoxy) is 2. The largest absolute Gasteiger partial charge is 0.493 e. The Kier molecular flexibility index (Phi) is 10.1. The molecule has 2 rings (SSSR count). The van der Waals surface area contributed by atoms with Crippen molar-refractivity contribution in [3.8, 4) is 11.5 Å². The van der Waals surface area contributed by atoms with Crippen molar-refractivity contribution in [1.29, 1.82) is 0 Å². The maximum atomic E-state index is 12.3. The van der Waals surface area contributed by atoms with Gasteiger partial charge < -0.3 is 20.1 Å². The molecule has 2 aromatic carbocycles. The molecule has 3 N–H and O–H groups in total. The molecule has 9 nitrogen and oxygen atoms in total. The van der Waals surface area contributed by atoms with Crippen LogP contribution in [0.25, 0.3) is 0 Å². The number of hydrogen-bond donors (Lipinski definition) is 3. The van der Waals surface area contributed by atoms with E-state index in [4.69, 9.17) is 9.47 Å². The van der Waals surface area contributed by atoms with E-state index in [2.05, 4.69) is 37.1 Å². The van der Waals surface area contributed by atoms with Crippen molar-refractivity contribution < 1.29 is 23.9 Å². The Balaban J connectivity index is 2.00. The molecule has 2 aromatic rings. The maximum Gasteiger partial charge on any atom is 0.329 e. The van der Waals surface area contributed by atoms with Crippen LogP contribution < -0.4 is 25.5 Å². The minimum absolute atomic E-state index is 0.113. The first-order valence-corrected chi connectivity index (χ1v) is 11.4. The average Bonchev–Trinajstić information content (AvgIpc) is 2.80. The summed E-state index contributed by atoms with van der Waals surface area (Å²) in [5.41, 5.74) is 5.65. The summed E-state index contributed by atoms with van der Waals surface area (Å²) in [6, 6.07) is 8.84. The second kappa shape index (κ2) is 12.7. The number of carbonyl (C=O) groups is 3. The van der Waals surface area contributed by atoms with Crippen LogP contribution in [-0.2, 0) is 14.4 Å². The average molecular weight is 533 g/mol. The molecule has 0 unspecified atom stereocenters. The third-order valence-corrected chi connectivity index (χ3v) is 5.55. The number of halogens is 1. The molecule has 0 aromatic heterocycles. The van der Waals surface area contributed by atoms with E-state index < -0.39 is 11.8 Å². The fourth-order valence-electron chi connectivity index (χ4n) is 2.72. The summed E-state index contributed by atoms with van der Waals surface area (Å²) < 4.78 is 11.6. The number of methoxy groups -OCH3 is 1. The van der Waals surface area contributed by atoms with Crippen LogP contribution >= 0.6 is 15.9 Å². The Morgan fingerprint density at radius 2 is 1.85 bits per heavy atom. The molecule has 182 valence electrons. The van der Waals surface area contributed by atoms with Crippen LogP contribution in [0.3, 0.4) is 0 Å². The van der Waals surface area contributed by atoms with Crippen molar-refractivity contribution in [1.82, 2.24) is 10.7 Å². The molecule has 0 bridgehead atoms. The van der Waals surface area contributed by atoms with E-state index in [0.29, 0.717) is 33.6 Å². The number of carbonyl (C=O) groups excluding carboxylic acids is 3. The van der Waals surface area contributed by atoms with E-state index in [1.807, 2.05) is 39.0 Å². The SMILES string of the molecule is CC[C@H](C)NC(=O)C(=O)N/N=C\c1cc(Br)c(OCC(=O)Nc2ccc(C)c(C)c2)c(OC)c1. The predicted octanol–water partition coefficient (Wildman–Crippen LogP) is 3.46. The Morgan fingerprint density at radius 3 is 2.50 bits per heavy atom. The van der Waals surface area contributed by atoms with Gasteiger partial charge in [0.15, 0.2) is 18.1 Å². The van der Waals surface area contributed by atoms with Gasteiger partial charge in [-0.25, -0.2) is 5.43 Å². The van der Waals surface area contributed by atoms with Gasteiger partial charge in [-0.3, -0.25) is 14.4 Å². The number of nitrogens with zero attached hydrogens (tertiary/aromatic N) is 1. The van der Waals surface area contributed by atoms with Crippen molar-refractivity contribution in [2.24, 2.45) is 5.10 Å². The number of hydrazone groups is 1. The molecule has 0 aliphatic heterocycles. The zero-order valence-electron chi connectivity index (χ0n) is 19.8. The number of aryl methyl sites for hydroxylation is 2. The van der Waals surface area contributed by atoms with Crippen LogP contribution in [0.5, 0.6) is 11.5 Å². The highest BCUT2D eigenvalue weighted by molar-refractivity contribution is 9.10. The van der Waals surface area contributed by atoms with Gasteiger partial charge in [0, 0.05) is 11.7 Å². The quantitative estimate of drug-likeness (QED) is 0.259. The lowest BCUT2D eigenvalue weighted by atomic mass is 10.1. The molecule has 0 saturated heterocycles. The molecule has 0 aliphatic rings. The second-order valence-electron chi connectivity index (χ2n) is 7.65. The van der Waals surface area contributed by atoms with Gasteiger partial charge >= 0.3 is 11.8 Å². The molecule has 0 radical (unpaired) electrons. The third-order valence-electron chi connectivity index (χ3n) is 4.97. The van der Waals surface area contributed by atoms with E-state index >= 15 is 0 Å². The minimum atomic E-state index is -0.864. The first-order valence-electron chi connectivity index (χ1n) is 10.7. The number of amides is 3. The van der Waals surface area contributed by atoms with Gasteiger partial charge in [0.05, 0.1) is 17.8 Å². The zero-order chi connectivity index (χ0) is 25.3. The monoisotopic (exact) mass is 532 g/mol. The summed E-state index contributed by atoms with van der Waals surface area (Å²) in [6.45, 7) is 7.45. The highest BCUT2D eigenvalue weighted by Crippen LogP contribution is 2.36. The summed E-state index contributed by atoms with van der Waals surface area (Å²) in [5, 5.41) is 9.16. The summed E-state index contributed by atoms with van der Waals surface area (Å²) in [4.78, 5) is 35.9. The second-order valence-corrected chi connectivity index (χ2v) is 8.51. The van der Waals surface area contributed by atoms with Gasteiger partial charge in [-0.1, -0.05) is 13.0 Å². The summed E-state index contributed by atoms with van der Waals surface area (Å²) in [7, 11) is 1.46. The van der Waals surface area contributed by atoms with E-state index in [0.717, 1.165) is 11.1 Å². The Bertz CT molecular complexity index is 1090. The first kappa shape index (κ1) is 26.8. The van der Waals surface area contributed by atoms with Crippen LogP contribution in [0, 0.1) is 13.8 Å². The smallest absolute Gasteiger partial charge is 0.329 e. The topological polar surface area (TPSA) is 118 Å². The minimum Gasteiger partial charge on any atom is -0.493 e. The standard InChI is InChI=1S/C24H29BrN4O5/c1-6-16(4)27-23(31)24(32)29-26-12-17-10-19(25)22(20(11-17)33-5)34-13-21(30)28-18-8-7-14(2)15(3)9-18/h7-12,16H,6,13H2,1-5H3,(H,27,31)(H,28,30)(H,29,32)/b26-12-/t16-/m0/s1. The van der Waals surface area contributed by atoms with Gasteiger partial charge in [-0.05, 0) is 84.1 Å². The summed E-state index contributed by atoms with van der Waals surface area (Å²) in [6.07, 6.45) is 2.07. The molecule has 0 aliphatic carbocycles. The van der Waals surface area contributed by atoms with Gasteiger partial charge in [0.25, 0.3) is 5.91 Å². The lowest BCUT2D eigenvalue weighted by molar-refractivity contribution is -0.139. The number of rotatable bonds is 9. The molecule has 0 saturated carbocycles. The number of benzene rings is 2. The van der Waals surface area contributed by atoms with E-state index in [1.165, 1.54) is 13.3 Å². The molecule has 34 heavy (non-hydrogen) atoms. The first-order chi connectivity index (χ1) is 16.1. The van der Waals surface area contributed by atoms with Crippen LogP contribution in [-0.4, -0.2) is 43.7 Å². The van der Waals surface area contributed by atoms with Gasteiger partial charge in [0.1, 0.15) is 0 Å². The Morgan fingerprint density at radius 1 is 1.12 bits per heavy atom. The van der Waals surface area contributed by atoms with Crippen LogP contribution in [0.15, 0.2) is 39.9 Å². The maximum absolute atomic E-state index is 12.3. The zero-order valence-corrected chi connectivity index (χ0v) is 21.4. The van der Waals surface area contributed by atoms with Crippen molar-refractivity contribution in [2.45, 2.75) is 40.2 Å². The summed E-state index contributed by atoms with van der Waals surface area (Å²) >= 11 is 3.40. The lowest BCUT2D eigenvalue weighted by Crippen LogP contribution is -2.41. The van der Waals surface area contributed by atoms with Crippen molar-refractivity contribution in [2.75, 3.05) is 19.0 Å². The lowest BCUT2D eigenvalue weighted by Gasteiger charge is -2.14. The fourth-order valence-corrected chi connectivity index (χ4v) is 3.29. The van der Waals surface area contributed by atoms with E-state index in [9.17, 15) is 14.4 Å². The molecule has 1 atom stereocenters. The molecule has 0 heterocycles. The molecule has 0 fully saturated rings. The third kappa shape index (κ3) is 7.87. The van der Waals surface area contributed by atoms with Crippen LogP contribution in [0.4, 0.5) is 5.69 Å². The predicted molar refractivity (Wildman–Crippen MR) is 134 cm³/mol. The molecule has 0 spiro atoms. The molecular weight excluding hydrogens is 504 g/mol. The molecule has 10 heteroatoms. The van der Waals surface area contributed by atoms with Crippen LogP contribution in [0.1, 0.15) is 37.0 Å². The summed E-state index contributed by atoms with van der Waals surface area (Å²) in [5.74, 6) is -1.24.